The van der Waals surface area contributed by atoms with E-state index in [9.17, 15) is 13.6 Å². The Labute approximate surface area is 217 Å². The number of rotatable bonds is 6. The van der Waals surface area contributed by atoms with Crippen molar-refractivity contribution in [3.05, 3.63) is 70.8 Å². The SMILES string of the molecule is CCc1ncnc(-c2cc(F)c(C(=O)N3CCN(CC(F)F)CC3)c(F)c2)c1C#Cc1ccc(NC)nc1. The van der Waals surface area contributed by atoms with Crippen molar-refractivity contribution in [2.24, 2.45) is 0 Å². The summed E-state index contributed by atoms with van der Waals surface area (Å²) in [6.07, 6.45) is 0.923. The van der Waals surface area contributed by atoms with E-state index in [1.54, 1.807) is 25.4 Å². The Hall–Kier alpha value is -4.04. The average Bonchev–Trinajstić information content (AvgIpc) is 2.91. The van der Waals surface area contributed by atoms with Gasteiger partial charge in [-0.3, -0.25) is 9.69 Å². The standard InChI is InChI=1S/C27H26F4N6O/c1-3-22-19(6-4-17-5-7-24(32-2)33-14-17)26(35-16-34-22)18-12-20(28)25(21(29)13-18)27(38)37-10-8-36(9-11-37)15-23(30)31/h5,7,12-14,16,23H,3,8-11,15H2,1-2H3,(H,32,33). The first-order chi connectivity index (χ1) is 18.3. The smallest absolute Gasteiger partial charge is 0.259 e. The molecule has 3 aromatic rings. The van der Waals surface area contributed by atoms with Gasteiger partial charge in [-0.2, -0.15) is 0 Å². The Balaban J connectivity index is 1.63. The minimum absolute atomic E-state index is 0.0991. The fourth-order valence-corrected chi connectivity index (χ4v) is 4.19. The van der Waals surface area contributed by atoms with Crippen LogP contribution in [0.25, 0.3) is 11.3 Å². The van der Waals surface area contributed by atoms with Crippen molar-refractivity contribution < 1.29 is 22.4 Å². The number of nitrogens with zero attached hydrogens (tertiary/aromatic N) is 5. The van der Waals surface area contributed by atoms with Crippen molar-refractivity contribution in [2.75, 3.05) is 45.1 Å². The molecule has 0 aliphatic carbocycles. The Bertz CT molecular complexity index is 1340. The molecule has 7 nitrogen and oxygen atoms in total. The highest BCUT2D eigenvalue weighted by Gasteiger charge is 2.28. The van der Waals surface area contributed by atoms with Gasteiger partial charge in [0.1, 0.15) is 29.3 Å². The third kappa shape index (κ3) is 6.08. The minimum atomic E-state index is -2.49. The summed E-state index contributed by atoms with van der Waals surface area (Å²) < 4.78 is 55.6. The van der Waals surface area contributed by atoms with Crippen LogP contribution in [0.15, 0.2) is 36.8 Å². The number of anilines is 1. The highest BCUT2D eigenvalue weighted by Crippen LogP contribution is 2.28. The first kappa shape index (κ1) is 27.0. The predicted octanol–water partition coefficient (Wildman–Crippen LogP) is 3.84. The summed E-state index contributed by atoms with van der Waals surface area (Å²) in [6, 6.07) is 5.67. The van der Waals surface area contributed by atoms with Crippen molar-refractivity contribution in [1.82, 2.24) is 24.8 Å². The normalized spacial score (nSPS) is 13.8. The van der Waals surface area contributed by atoms with Gasteiger partial charge in [-0.05, 0) is 30.7 Å². The van der Waals surface area contributed by atoms with Crippen LogP contribution in [-0.2, 0) is 6.42 Å². The molecule has 0 bridgehead atoms. The fourth-order valence-electron chi connectivity index (χ4n) is 4.19. The summed E-state index contributed by atoms with van der Waals surface area (Å²) in [6.45, 7) is 2.08. The van der Waals surface area contributed by atoms with Crippen LogP contribution in [-0.4, -0.2) is 76.9 Å². The van der Waals surface area contributed by atoms with Gasteiger partial charge in [0.2, 0.25) is 0 Å². The molecule has 1 aliphatic heterocycles. The monoisotopic (exact) mass is 526 g/mol. The number of carbonyl (C=O) groups is 1. The quantitative estimate of drug-likeness (QED) is 0.389. The van der Waals surface area contributed by atoms with Gasteiger partial charge in [0.25, 0.3) is 12.3 Å². The van der Waals surface area contributed by atoms with Gasteiger partial charge >= 0.3 is 0 Å². The second-order valence-corrected chi connectivity index (χ2v) is 8.63. The number of aryl methyl sites for hydroxylation is 1. The number of piperazine rings is 1. The molecular formula is C27H26F4N6O. The van der Waals surface area contributed by atoms with E-state index in [1.807, 2.05) is 6.92 Å². The van der Waals surface area contributed by atoms with E-state index in [1.165, 1.54) is 16.1 Å². The lowest BCUT2D eigenvalue weighted by Crippen LogP contribution is -2.50. The maximum absolute atomic E-state index is 15.2. The number of halogens is 4. The van der Waals surface area contributed by atoms with Crippen LogP contribution in [0, 0.1) is 23.5 Å². The largest absolute Gasteiger partial charge is 0.373 e. The Morgan fingerprint density at radius 1 is 1.05 bits per heavy atom. The van der Waals surface area contributed by atoms with Gasteiger partial charge in [-0.25, -0.2) is 32.5 Å². The van der Waals surface area contributed by atoms with Crippen molar-refractivity contribution in [2.45, 2.75) is 19.8 Å². The lowest BCUT2D eigenvalue weighted by molar-refractivity contribution is 0.0453. The van der Waals surface area contributed by atoms with Gasteiger partial charge in [0.15, 0.2) is 0 Å². The van der Waals surface area contributed by atoms with Crippen LogP contribution in [0.3, 0.4) is 0 Å². The number of amides is 1. The molecule has 0 radical (unpaired) electrons. The van der Waals surface area contributed by atoms with Gasteiger partial charge < -0.3 is 10.2 Å². The van der Waals surface area contributed by atoms with E-state index >= 15 is 8.78 Å². The van der Waals surface area contributed by atoms with E-state index in [0.717, 1.165) is 12.1 Å². The number of benzene rings is 1. The minimum Gasteiger partial charge on any atom is -0.373 e. The van der Waals surface area contributed by atoms with Crippen molar-refractivity contribution >= 4 is 11.7 Å². The maximum atomic E-state index is 15.2. The molecule has 0 spiro atoms. The summed E-state index contributed by atoms with van der Waals surface area (Å²) in [7, 11) is 1.75. The Kier molecular flexibility index (Phi) is 8.53. The number of aromatic nitrogens is 3. The molecule has 11 heteroatoms. The van der Waals surface area contributed by atoms with E-state index in [4.69, 9.17) is 0 Å². The predicted molar refractivity (Wildman–Crippen MR) is 135 cm³/mol. The Morgan fingerprint density at radius 3 is 2.34 bits per heavy atom. The highest BCUT2D eigenvalue weighted by atomic mass is 19.3. The van der Waals surface area contributed by atoms with Crippen molar-refractivity contribution in [3.63, 3.8) is 0 Å². The van der Waals surface area contributed by atoms with Gasteiger partial charge in [-0.1, -0.05) is 18.8 Å². The lowest BCUT2D eigenvalue weighted by atomic mass is 10.0. The molecule has 198 valence electrons. The van der Waals surface area contributed by atoms with E-state index < -0.39 is 36.1 Å². The van der Waals surface area contributed by atoms with Crippen LogP contribution < -0.4 is 5.32 Å². The molecule has 1 aliphatic rings. The average molecular weight is 527 g/mol. The molecule has 1 aromatic carbocycles. The number of pyridine rings is 1. The zero-order chi connectivity index (χ0) is 27.2. The molecular weight excluding hydrogens is 500 g/mol. The molecule has 4 rings (SSSR count). The topological polar surface area (TPSA) is 74.2 Å². The number of alkyl halides is 2. The lowest BCUT2D eigenvalue weighted by Gasteiger charge is -2.34. The third-order valence-corrected chi connectivity index (χ3v) is 6.20. The number of nitrogens with one attached hydrogen (secondary N) is 1. The van der Waals surface area contributed by atoms with Crippen LogP contribution in [0.2, 0.25) is 0 Å². The summed E-state index contributed by atoms with van der Waals surface area (Å²) in [5.41, 5.74) is 1.31. The highest BCUT2D eigenvalue weighted by molar-refractivity contribution is 5.95. The van der Waals surface area contributed by atoms with Crippen molar-refractivity contribution in [1.29, 1.82) is 0 Å². The van der Waals surface area contributed by atoms with Gasteiger partial charge in [-0.15, -0.1) is 0 Å². The van der Waals surface area contributed by atoms with Crippen LogP contribution in [0.4, 0.5) is 23.4 Å². The molecule has 2 aromatic heterocycles. The van der Waals surface area contributed by atoms with E-state index in [2.05, 4.69) is 32.1 Å². The molecule has 1 N–H and O–H groups in total. The third-order valence-electron chi connectivity index (χ3n) is 6.20. The molecule has 1 fully saturated rings. The zero-order valence-corrected chi connectivity index (χ0v) is 20.9. The molecule has 1 saturated heterocycles. The first-order valence-electron chi connectivity index (χ1n) is 12.1. The molecule has 0 saturated carbocycles. The fraction of sp³-hybridized carbons (Fsp3) is 0.333. The van der Waals surface area contributed by atoms with Crippen LogP contribution in [0.5, 0.6) is 0 Å². The van der Waals surface area contributed by atoms with Gasteiger partial charge in [0, 0.05) is 50.6 Å². The Morgan fingerprint density at radius 2 is 1.76 bits per heavy atom. The molecule has 0 unspecified atom stereocenters. The molecule has 38 heavy (non-hydrogen) atoms. The number of hydrogen-bond donors (Lipinski definition) is 1. The zero-order valence-electron chi connectivity index (χ0n) is 20.9. The maximum Gasteiger partial charge on any atom is 0.259 e. The number of carbonyl (C=O) groups excluding carboxylic acids is 1. The van der Waals surface area contributed by atoms with Crippen LogP contribution in [0.1, 0.15) is 34.1 Å². The molecule has 3 heterocycles. The summed E-state index contributed by atoms with van der Waals surface area (Å²) in [5, 5.41) is 2.92. The second-order valence-electron chi connectivity index (χ2n) is 8.63. The molecule has 1 amide bonds. The summed E-state index contributed by atoms with van der Waals surface area (Å²) >= 11 is 0. The second kappa shape index (κ2) is 12.0. The van der Waals surface area contributed by atoms with Gasteiger partial charge in [0.05, 0.1) is 23.5 Å². The number of hydrogen-bond acceptors (Lipinski definition) is 6. The van der Waals surface area contributed by atoms with Crippen molar-refractivity contribution in [3.8, 4) is 23.1 Å². The van der Waals surface area contributed by atoms with E-state index in [-0.39, 0.29) is 37.4 Å². The summed E-state index contributed by atoms with van der Waals surface area (Å²) in [4.78, 5) is 28.4. The first-order valence-corrected chi connectivity index (χ1v) is 12.1. The van der Waals surface area contributed by atoms with Crippen LogP contribution >= 0.6 is 0 Å². The van der Waals surface area contributed by atoms with E-state index in [0.29, 0.717) is 29.1 Å². The molecule has 0 atom stereocenters. The summed E-state index contributed by atoms with van der Waals surface area (Å²) in [5.74, 6) is 3.80.